The van der Waals surface area contributed by atoms with Gasteiger partial charge in [0, 0.05) is 25.3 Å². The lowest BCUT2D eigenvalue weighted by atomic mass is 10.1. The van der Waals surface area contributed by atoms with Gasteiger partial charge in [-0.1, -0.05) is 0 Å². The molecule has 0 spiro atoms. The highest BCUT2D eigenvalue weighted by Crippen LogP contribution is 2.23. The predicted octanol–water partition coefficient (Wildman–Crippen LogP) is 2.65. The van der Waals surface area contributed by atoms with Gasteiger partial charge in [-0.3, -0.25) is 0 Å². The molecular weight excluding hydrogens is 269 g/mol. The molecule has 0 aliphatic carbocycles. The van der Waals surface area contributed by atoms with E-state index in [4.69, 9.17) is 4.74 Å². The zero-order valence-corrected chi connectivity index (χ0v) is 9.91. The van der Waals surface area contributed by atoms with Crippen LogP contribution >= 0.6 is 0 Å². The van der Waals surface area contributed by atoms with E-state index in [1.807, 2.05) is 0 Å². The van der Waals surface area contributed by atoms with Crippen molar-refractivity contribution in [2.75, 3.05) is 13.2 Å². The zero-order chi connectivity index (χ0) is 14.0. The van der Waals surface area contributed by atoms with Crippen molar-refractivity contribution in [2.45, 2.75) is 25.5 Å². The van der Waals surface area contributed by atoms with Crippen molar-refractivity contribution in [1.82, 2.24) is 5.32 Å². The molecule has 1 atom stereocenters. The first-order valence-corrected chi connectivity index (χ1v) is 5.85. The summed E-state index contributed by atoms with van der Waals surface area (Å²) in [6, 6.07) is 0. The van der Waals surface area contributed by atoms with Crippen LogP contribution in [-0.2, 0) is 11.3 Å². The Kier molecular flexibility index (Phi) is 4.36. The van der Waals surface area contributed by atoms with Gasteiger partial charge in [-0.15, -0.1) is 0 Å². The van der Waals surface area contributed by atoms with Gasteiger partial charge in [0.05, 0.1) is 6.10 Å². The summed E-state index contributed by atoms with van der Waals surface area (Å²) in [5.41, 5.74) is -0.852. The van der Waals surface area contributed by atoms with E-state index in [0.29, 0.717) is 13.2 Å². The molecule has 1 saturated heterocycles. The van der Waals surface area contributed by atoms with E-state index in [-0.39, 0.29) is 6.10 Å². The summed E-state index contributed by atoms with van der Waals surface area (Å²) < 4.78 is 70.5. The van der Waals surface area contributed by atoms with Crippen LogP contribution in [0.25, 0.3) is 0 Å². The molecule has 1 fully saturated rings. The second kappa shape index (κ2) is 5.83. The van der Waals surface area contributed by atoms with Gasteiger partial charge in [-0.05, 0) is 12.8 Å². The maximum Gasteiger partial charge on any atom is 0.200 e. The van der Waals surface area contributed by atoms with E-state index < -0.39 is 41.2 Å². The van der Waals surface area contributed by atoms with Crippen molar-refractivity contribution < 1.29 is 26.7 Å². The van der Waals surface area contributed by atoms with Crippen LogP contribution in [0.3, 0.4) is 0 Å². The van der Waals surface area contributed by atoms with Crippen molar-refractivity contribution in [3.63, 3.8) is 0 Å². The fourth-order valence-corrected chi connectivity index (χ4v) is 1.97. The highest BCUT2D eigenvalue weighted by atomic mass is 19.2. The Morgan fingerprint density at radius 3 is 2.05 bits per heavy atom. The van der Waals surface area contributed by atoms with Crippen molar-refractivity contribution in [1.29, 1.82) is 0 Å². The second-order valence-electron chi connectivity index (χ2n) is 4.31. The third kappa shape index (κ3) is 2.87. The smallest absolute Gasteiger partial charge is 0.200 e. The molecule has 19 heavy (non-hydrogen) atoms. The number of benzene rings is 1. The first-order valence-electron chi connectivity index (χ1n) is 5.85. The van der Waals surface area contributed by atoms with Gasteiger partial charge in [0.1, 0.15) is 0 Å². The fourth-order valence-electron chi connectivity index (χ4n) is 1.97. The third-order valence-electron chi connectivity index (χ3n) is 3.00. The molecule has 7 heteroatoms. The molecule has 1 heterocycles. The Bertz CT molecular complexity index is 445. The van der Waals surface area contributed by atoms with Gasteiger partial charge in [0.2, 0.25) is 5.82 Å². The third-order valence-corrected chi connectivity index (χ3v) is 3.00. The van der Waals surface area contributed by atoms with Crippen LogP contribution in [0, 0.1) is 29.1 Å². The second-order valence-corrected chi connectivity index (χ2v) is 4.31. The van der Waals surface area contributed by atoms with Gasteiger partial charge < -0.3 is 10.1 Å². The molecule has 1 aliphatic rings. The van der Waals surface area contributed by atoms with Crippen LogP contribution in [0.2, 0.25) is 0 Å². The summed E-state index contributed by atoms with van der Waals surface area (Å²) in [6.45, 7) is 0.486. The van der Waals surface area contributed by atoms with Crippen LogP contribution in [0.4, 0.5) is 22.0 Å². The van der Waals surface area contributed by atoms with E-state index in [0.717, 1.165) is 12.8 Å². The molecule has 106 valence electrons. The normalized spacial score (nSPS) is 19.1. The number of halogens is 5. The average Bonchev–Trinajstić information content (AvgIpc) is 2.91. The zero-order valence-electron chi connectivity index (χ0n) is 9.91. The van der Waals surface area contributed by atoms with Crippen LogP contribution in [0.15, 0.2) is 0 Å². The number of hydrogen-bond acceptors (Lipinski definition) is 2. The summed E-state index contributed by atoms with van der Waals surface area (Å²) in [7, 11) is 0. The Balaban J connectivity index is 2.07. The fraction of sp³-hybridized carbons (Fsp3) is 0.500. The number of nitrogens with one attached hydrogen (secondary N) is 1. The van der Waals surface area contributed by atoms with Gasteiger partial charge in [-0.2, -0.15) is 0 Å². The first-order chi connectivity index (χ1) is 9.02. The maximum atomic E-state index is 13.3. The largest absolute Gasteiger partial charge is 0.377 e. The molecule has 1 aliphatic heterocycles. The van der Waals surface area contributed by atoms with Crippen molar-refractivity contribution >= 4 is 0 Å². The van der Waals surface area contributed by atoms with Crippen LogP contribution < -0.4 is 5.32 Å². The molecule has 2 nitrogen and oxygen atoms in total. The molecule has 1 aromatic rings. The highest BCUT2D eigenvalue weighted by molar-refractivity contribution is 5.23. The molecule has 0 aromatic heterocycles. The van der Waals surface area contributed by atoms with Crippen LogP contribution in [0.5, 0.6) is 0 Å². The summed E-state index contributed by atoms with van der Waals surface area (Å²) in [4.78, 5) is 0. The molecule has 0 amide bonds. The number of ether oxygens (including phenoxy) is 1. The molecular formula is C12H12F5NO. The molecule has 1 unspecified atom stereocenters. The van der Waals surface area contributed by atoms with Crippen LogP contribution in [-0.4, -0.2) is 19.3 Å². The van der Waals surface area contributed by atoms with Crippen LogP contribution in [0.1, 0.15) is 18.4 Å². The maximum absolute atomic E-state index is 13.3. The topological polar surface area (TPSA) is 21.3 Å². The lowest BCUT2D eigenvalue weighted by Gasteiger charge is -2.12. The Hall–Kier alpha value is -1.21. The minimum atomic E-state index is -2.14. The minimum absolute atomic E-state index is 0.0822. The highest BCUT2D eigenvalue weighted by Gasteiger charge is 2.25. The summed E-state index contributed by atoms with van der Waals surface area (Å²) in [6.07, 6.45) is 1.63. The minimum Gasteiger partial charge on any atom is -0.377 e. The molecule has 0 saturated carbocycles. The number of hydrogen-bond donors (Lipinski definition) is 1. The van der Waals surface area contributed by atoms with Gasteiger partial charge in [0.15, 0.2) is 23.3 Å². The summed E-state index contributed by atoms with van der Waals surface area (Å²) in [5.74, 6) is -9.58. The summed E-state index contributed by atoms with van der Waals surface area (Å²) >= 11 is 0. The molecule has 1 N–H and O–H groups in total. The molecule has 2 rings (SSSR count). The molecule has 1 aromatic carbocycles. The number of rotatable bonds is 4. The van der Waals surface area contributed by atoms with Gasteiger partial charge >= 0.3 is 0 Å². The Morgan fingerprint density at radius 1 is 0.947 bits per heavy atom. The quantitative estimate of drug-likeness (QED) is 0.520. The lowest BCUT2D eigenvalue weighted by Crippen LogP contribution is -2.27. The Morgan fingerprint density at radius 2 is 1.53 bits per heavy atom. The van der Waals surface area contributed by atoms with E-state index in [9.17, 15) is 22.0 Å². The predicted molar refractivity (Wildman–Crippen MR) is 56.9 cm³/mol. The lowest BCUT2D eigenvalue weighted by molar-refractivity contribution is 0.109. The molecule has 0 radical (unpaired) electrons. The van der Waals surface area contributed by atoms with E-state index in [1.54, 1.807) is 0 Å². The van der Waals surface area contributed by atoms with Crippen molar-refractivity contribution in [3.05, 3.63) is 34.6 Å². The average molecular weight is 281 g/mol. The van der Waals surface area contributed by atoms with E-state index >= 15 is 0 Å². The monoisotopic (exact) mass is 281 g/mol. The molecule has 0 bridgehead atoms. The van der Waals surface area contributed by atoms with E-state index in [1.165, 1.54) is 0 Å². The van der Waals surface area contributed by atoms with Crippen molar-refractivity contribution in [2.24, 2.45) is 0 Å². The van der Waals surface area contributed by atoms with E-state index in [2.05, 4.69) is 5.32 Å². The standard InChI is InChI=1S/C12H12F5NO/c13-8-7(5-18-4-6-2-1-3-19-6)9(14)11(16)12(17)10(8)15/h6,18H,1-5H2. The van der Waals surface area contributed by atoms with Gasteiger partial charge in [-0.25, -0.2) is 22.0 Å². The van der Waals surface area contributed by atoms with Gasteiger partial charge in [0.25, 0.3) is 0 Å². The van der Waals surface area contributed by atoms with Crippen molar-refractivity contribution in [3.8, 4) is 0 Å². The Labute approximate surface area is 106 Å². The SMILES string of the molecule is Fc1c(F)c(F)c(CNCC2CCCO2)c(F)c1F. The summed E-state index contributed by atoms with van der Waals surface area (Å²) in [5, 5.41) is 2.64. The first kappa shape index (κ1) is 14.2.